The average Bonchev–Trinajstić information content (AvgIpc) is 1.84. The van der Waals surface area contributed by atoms with Gasteiger partial charge in [0.15, 0.2) is 0 Å². The van der Waals surface area contributed by atoms with Gasteiger partial charge in [-0.15, -0.1) is 6.58 Å². The zero-order valence-electron chi connectivity index (χ0n) is 5.79. The van der Waals surface area contributed by atoms with Gasteiger partial charge in [-0.05, 0) is 6.42 Å². The molecule has 3 heteroatoms. The van der Waals surface area contributed by atoms with Gasteiger partial charge in [-0.25, -0.2) is 0 Å². The van der Waals surface area contributed by atoms with Gasteiger partial charge in [-0.3, -0.25) is 0 Å². The topological polar surface area (TPSA) is 49.7 Å². The second kappa shape index (κ2) is 4.09. The highest BCUT2D eigenvalue weighted by Crippen LogP contribution is 2.10. The van der Waals surface area contributed by atoms with Crippen LogP contribution in [0.2, 0.25) is 0 Å². The second-order valence-electron chi connectivity index (χ2n) is 1.86. The van der Waals surface area contributed by atoms with Crippen molar-refractivity contribution < 1.29 is 14.9 Å². The van der Waals surface area contributed by atoms with Crippen molar-refractivity contribution >= 4 is 0 Å². The van der Waals surface area contributed by atoms with Gasteiger partial charge >= 0.3 is 5.97 Å². The van der Waals surface area contributed by atoms with Crippen LogP contribution in [0.1, 0.15) is 12.8 Å². The van der Waals surface area contributed by atoms with E-state index in [9.17, 15) is 0 Å². The van der Waals surface area contributed by atoms with Gasteiger partial charge in [-0.1, -0.05) is 12.7 Å². The van der Waals surface area contributed by atoms with Crippen LogP contribution in [0.5, 0.6) is 0 Å². The van der Waals surface area contributed by atoms with E-state index in [1.54, 1.807) is 6.08 Å². The minimum atomic E-state index is -2.09. The fourth-order valence-electron chi connectivity index (χ4n) is 0.482. The standard InChI is InChI=1S/C7H12O3/c1-3-5-6-7(8,9)10-4-2/h3-4,8-9H,1-2,5-6H2. The molecule has 58 valence electrons. The molecular weight excluding hydrogens is 132 g/mol. The van der Waals surface area contributed by atoms with E-state index in [-0.39, 0.29) is 6.42 Å². The van der Waals surface area contributed by atoms with Crippen LogP contribution in [0.25, 0.3) is 0 Å². The van der Waals surface area contributed by atoms with Crippen molar-refractivity contribution in [3.8, 4) is 0 Å². The lowest BCUT2D eigenvalue weighted by Crippen LogP contribution is -2.29. The molecule has 0 aliphatic carbocycles. The SMILES string of the molecule is C=CCCC(O)(O)OC=C. The molecule has 0 aromatic heterocycles. The molecule has 0 amide bonds. The summed E-state index contributed by atoms with van der Waals surface area (Å²) in [6.07, 6.45) is 3.15. The molecule has 0 aromatic rings. The minimum absolute atomic E-state index is 0.0997. The Bertz CT molecular complexity index is 118. The molecule has 0 aliphatic rings. The molecule has 0 spiro atoms. The first-order valence-electron chi connectivity index (χ1n) is 2.97. The summed E-state index contributed by atoms with van der Waals surface area (Å²) in [5.41, 5.74) is 0. The number of aliphatic hydroxyl groups is 2. The monoisotopic (exact) mass is 144 g/mol. The number of ether oxygens (including phenoxy) is 1. The third-order valence-corrected chi connectivity index (χ3v) is 0.946. The summed E-state index contributed by atoms with van der Waals surface area (Å²) in [7, 11) is 0. The van der Waals surface area contributed by atoms with Gasteiger partial charge in [0.1, 0.15) is 0 Å². The first-order valence-corrected chi connectivity index (χ1v) is 2.97. The summed E-state index contributed by atoms with van der Waals surface area (Å²) >= 11 is 0. The summed E-state index contributed by atoms with van der Waals surface area (Å²) in [5, 5.41) is 17.7. The largest absolute Gasteiger partial charge is 0.448 e. The molecule has 0 aromatic carbocycles. The Morgan fingerprint density at radius 3 is 2.40 bits per heavy atom. The van der Waals surface area contributed by atoms with Crippen molar-refractivity contribution in [3.05, 3.63) is 25.5 Å². The molecule has 0 bridgehead atoms. The third kappa shape index (κ3) is 4.12. The normalized spacial score (nSPS) is 10.6. The summed E-state index contributed by atoms with van der Waals surface area (Å²) < 4.78 is 4.36. The van der Waals surface area contributed by atoms with E-state index in [0.717, 1.165) is 6.26 Å². The second-order valence-corrected chi connectivity index (χ2v) is 1.86. The van der Waals surface area contributed by atoms with E-state index >= 15 is 0 Å². The lowest BCUT2D eigenvalue weighted by Gasteiger charge is -2.18. The highest BCUT2D eigenvalue weighted by molar-refractivity contribution is 4.69. The van der Waals surface area contributed by atoms with E-state index in [4.69, 9.17) is 10.2 Å². The Balaban J connectivity index is 3.61. The van der Waals surface area contributed by atoms with Crippen LogP contribution >= 0.6 is 0 Å². The Labute approximate surface area is 60.3 Å². The van der Waals surface area contributed by atoms with E-state index in [2.05, 4.69) is 17.9 Å². The van der Waals surface area contributed by atoms with Gasteiger partial charge in [-0.2, -0.15) is 0 Å². The summed E-state index contributed by atoms with van der Waals surface area (Å²) in [6, 6.07) is 0. The number of hydrogen-bond donors (Lipinski definition) is 2. The molecule has 0 radical (unpaired) electrons. The van der Waals surface area contributed by atoms with Crippen LogP contribution < -0.4 is 0 Å². The number of allylic oxidation sites excluding steroid dienone is 1. The van der Waals surface area contributed by atoms with Crippen LogP contribution in [0.15, 0.2) is 25.5 Å². The van der Waals surface area contributed by atoms with Gasteiger partial charge in [0.05, 0.1) is 6.26 Å². The molecule has 0 heterocycles. The van der Waals surface area contributed by atoms with E-state index in [1.807, 2.05) is 0 Å². The van der Waals surface area contributed by atoms with E-state index in [1.165, 1.54) is 0 Å². The molecule has 0 saturated heterocycles. The molecule has 0 fully saturated rings. The lowest BCUT2D eigenvalue weighted by atomic mass is 10.3. The van der Waals surface area contributed by atoms with Crippen LogP contribution in [0, 0.1) is 0 Å². The highest BCUT2D eigenvalue weighted by atomic mass is 16.8. The van der Waals surface area contributed by atoms with Gasteiger partial charge in [0.2, 0.25) is 0 Å². The Morgan fingerprint density at radius 2 is 2.00 bits per heavy atom. The quantitative estimate of drug-likeness (QED) is 0.340. The summed E-state index contributed by atoms with van der Waals surface area (Å²) in [6.45, 7) is 6.61. The van der Waals surface area contributed by atoms with Crippen molar-refractivity contribution in [1.82, 2.24) is 0 Å². The minimum Gasteiger partial charge on any atom is -0.448 e. The fourth-order valence-corrected chi connectivity index (χ4v) is 0.482. The summed E-state index contributed by atoms with van der Waals surface area (Å²) in [4.78, 5) is 0. The van der Waals surface area contributed by atoms with Gasteiger partial charge in [0, 0.05) is 6.42 Å². The van der Waals surface area contributed by atoms with Crippen LogP contribution in [-0.2, 0) is 4.74 Å². The molecular formula is C7H12O3. The van der Waals surface area contributed by atoms with E-state index in [0.29, 0.717) is 6.42 Å². The van der Waals surface area contributed by atoms with Crippen molar-refractivity contribution in [2.24, 2.45) is 0 Å². The van der Waals surface area contributed by atoms with Crippen LogP contribution in [-0.4, -0.2) is 16.2 Å². The first-order chi connectivity index (χ1) is 4.62. The maximum Gasteiger partial charge on any atom is 0.321 e. The van der Waals surface area contributed by atoms with Crippen molar-refractivity contribution in [2.75, 3.05) is 0 Å². The lowest BCUT2D eigenvalue weighted by molar-refractivity contribution is -0.315. The molecule has 0 rings (SSSR count). The molecule has 2 N–H and O–H groups in total. The van der Waals surface area contributed by atoms with Crippen molar-refractivity contribution in [2.45, 2.75) is 18.8 Å². The molecule has 10 heavy (non-hydrogen) atoms. The Hall–Kier alpha value is -0.800. The van der Waals surface area contributed by atoms with Gasteiger partial charge < -0.3 is 14.9 Å². The predicted octanol–water partition coefficient (Wildman–Crippen LogP) is 0.751. The zero-order valence-corrected chi connectivity index (χ0v) is 5.79. The van der Waals surface area contributed by atoms with Gasteiger partial charge in [0.25, 0.3) is 0 Å². The van der Waals surface area contributed by atoms with Crippen LogP contribution in [0.3, 0.4) is 0 Å². The first kappa shape index (κ1) is 9.20. The summed E-state index contributed by atoms with van der Waals surface area (Å²) in [5.74, 6) is -2.09. The van der Waals surface area contributed by atoms with Crippen molar-refractivity contribution in [3.63, 3.8) is 0 Å². The van der Waals surface area contributed by atoms with Crippen LogP contribution in [0.4, 0.5) is 0 Å². The molecule has 0 aliphatic heterocycles. The maximum absolute atomic E-state index is 8.86. The average molecular weight is 144 g/mol. The van der Waals surface area contributed by atoms with E-state index < -0.39 is 5.97 Å². The molecule has 0 saturated carbocycles. The fraction of sp³-hybridized carbons (Fsp3) is 0.429. The number of hydrogen-bond acceptors (Lipinski definition) is 3. The molecule has 0 unspecified atom stereocenters. The molecule has 3 nitrogen and oxygen atoms in total. The number of rotatable bonds is 5. The molecule has 0 atom stereocenters. The van der Waals surface area contributed by atoms with Crippen molar-refractivity contribution in [1.29, 1.82) is 0 Å². The third-order valence-electron chi connectivity index (χ3n) is 0.946. The smallest absolute Gasteiger partial charge is 0.321 e. The zero-order chi connectivity index (χ0) is 8.04. The Kier molecular flexibility index (Phi) is 3.76. The predicted molar refractivity (Wildman–Crippen MR) is 37.9 cm³/mol. The Morgan fingerprint density at radius 1 is 1.40 bits per heavy atom. The highest BCUT2D eigenvalue weighted by Gasteiger charge is 2.21. The maximum atomic E-state index is 8.86.